The molecule has 1 aromatic heterocycles. The Hall–Kier alpha value is -4.33. The maximum atomic E-state index is 13.3. The molecule has 1 aliphatic rings. The van der Waals surface area contributed by atoms with E-state index in [-0.39, 0.29) is 35.5 Å². The van der Waals surface area contributed by atoms with Crippen LogP contribution in [0.3, 0.4) is 0 Å². The molecule has 4 rings (SSSR count). The minimum atomic E-state index is -0.906. The quantitative estimate of drug-likeness (QED) is 0.271. The summed E-state index contributed by atoms with van der Waals surface area (Å²) in [7, 11) is 0. The summed E-state index contributed by atoms with van der Waals surface area (Å²) in [6.07, 6.45) is 3.22. The Bertz CT molecular complexity index is 1290. The minimum absolute atomic E-state index is 0.0173. The Morgan fingerprint density at radius 2 is 1.86 bits per heavy atom. The molecule has 186 valence electrons. The van der Waals surface area contributed by atoms with E-state index in [0.717, 1.165) is 5.56 Å². The molecule has 2 aromatic carbocycles. The van der Waals surface area contributed by atoms with Crippen LogP contribution in [0.4, 0.5) is 0 Å². The van der Waals surface area contributed by atoms with E-state index >= 15 is 0 Å². The third-order valence-corrected chi connectivity index (χ3v) is 5.71. The number of ketones is 1. The van der Waals surface area contributed by atoms with Crippen LogP contribution >= 0.6 is 0 Å². The minimum Gasteiger partial charge on any atom is -0.507 e. The van der Waals surface area contributed by atoms with Gasteiger partial charge in [-0.3, -0.25) is 14.6 Å². The van der Waals surface area contributed by atoms with Gasteiger partial charge in [0.2, 0.25) is 0 Å². The largest absolute Gasteiger partial charge is 0.507 e. The number of hydrogen-bond donors (Lipinski definition) is 2. The zero-order valence-corrected chi connectivity index (χ0v) is 20.3. The number of ether oxygens (including phenoxy) is 2. The van der Waals surface area contributed by atoms with Crippen LogP contribution in [0.1, 0.15) is 43.5 Å². The van der Waals surface area contributed by atoms with Crippen LogP contribution in [0.15, 0.2) is 72.6 Å². The van der Waals surface area contributed by atoms with Crippen molar-refractivity contribution in [1.29, 1.82) is 0 Å². The first-order valence-corrected chi connectivity index (χ1v) is 11.7. The molecule has 2 N–H and O–H groups in total. The van der Waals surface area contributed by atoms with Crippen molar-refractivity contribution in [3.8, 4) is 17.2 Å². The zero-order valence-electron chi connectivity index (χ0n) is 20.3. The predicted molar refractivity (Wildman–Crippen MR) is 134 cm³/mol. The molecule has 8 heteroatoms. The Labute approximate surface area is 209 Å². The fourth-order valence-electron chi connectivity index (χ4n) is 4.17. The SMILES string of the molecule is CCOc1cc([C@@H]2C(=C(O)c3ccc(OC(C)C)cc3)C(=O)C(=O)N2Cc2cccnc2)ccc1O. The smallest absolute Gasteiger partial charge is 0.295 e. The van der Waals surface area contributed by atoms with Gasteiger partial charge in [0.1, 0.15) is 11.5 Å². The number of amides is 1. The third kappa shape index (κ3) is 5.02. The fourth-order valence-corrected chi connectivity index (χ4v) is 4.17. The lowest BCUT2D eigenvalue weighted by atomic mass is 9.94. The summed E-state index contributed by atoms with van der Waals surface area (Å²) in [6, 6.07) is 14.0. The van der Waals surface area contributed by atoms with Gasteiger partial charge >= 0.3 is 0 Å². The molecular formula is C28H28N2O6. The average molecular weight is 489 g/mol. The van der Waals surface area contributed by atoms with Gasteiger partial charge in [0, 0.05) is 24.5 Å². The number of nitrogens with zero attached hydrogens (tertiary/aromatic N) is 2. The summed E-state index contributed by atoms with van der Waals surface area (Å²) >= 11 is 0. The number of rotatable bonds is 8. The van der Waals surface area contributed by atoms with Crippen molar-refractivity contribution < 1.29 is 29.3 Å². The normalized spacial score (nSPS) is 17.0. The first-order chi connectivity index (χ1) is 17.3. The number of likely N-dealkylation sites (tertiary alicyclic amines) is 1. The third-order valence-electron chi connectivity index (χ3n) is 5.71. The molecule has 2 heterocycles. The summed E-state index contributed by atoms with van der Waals surface area (Å²) in [4.78, 5) is 32.0. The van der Waals surface area contributed by atoms with Crippen LogP contribution in [-0.2, 0) is 16.1 Å². The van der Waals surface area contributed by atoms with Crippen molar-refractivity contribution in [2.75, 3.05) is 6.61 Å². The number of Topliss-reactive ketones (excluding diaryl/α,β-unsaturated/α-hetero) is 1. The highest BCUT2D eigenvalue weighted by Gasteiger charge is 2.46. The van der Waals surface area contributed by atoms with E-state index in [2.05, 4.69) is 4.98 Å². The molecule has 1 fully saturated rings. The molecule has 0 spiro atoms. The van der Waals surface area contributed by atoms with Gasteiger partial charge in [0.15, 0.2) is 11.5 Å². The molecule has 0 radical (unpaired) electrons. The second-order valence-corrected chi connectivity index (χ2v) is 8.64. The van der Waals surface area contributed by atoms with Crippen molar-refractivity contribution in [3.63, 3.8) is 0 Å². The second kappa shape index (κ2) is 10.5. The molecule has 1 saturated heterocycles. The molecular weight excluding hydrogens is 460 g/mol. The number of benzene rings is 2. The number of aliphatic hydroxyl groups excluding tert-OH is 1. The van der Waals surface area contributed by atoms with Crippen LogP contribution in [-0.4, -0.2) is 44.5 Å². The average Bonchev–Trinajstić information content (AvgIpc) is 3.11. The number of hydrogen-bond acceptors (Lipinski definition) is 7. The van der Waals surface area contributed by atoms with E-state index in [4.69, 9.17) is 9.47 Å². The fraction of sp³-hybridized carbons (Fsp3) is 0.250. The first-order valence-electron chi connectivity index (χ1n) is 11.7. The number of pyridine rings is 1. The number of aliphatic hydroxyl groups is 1. The number of phenolic OH excluding ortho intramolecular Hbond substituents is 1. The van der Waals surface area contributed by atoms with Gasteiger partial charge in [0.05, 0.1) is 24.3 Å². The van der Waals surface area contributed by atoms with E-state index in [1.165, 1.54) is 11.0 Å². The maximum absolute atomic E-state index is 13.3. The van der Waals surface area contributed by atoms with Crippen LogP contribution in [0, 0.1) is 0 Å². The molecule has 0 saturated carbocycles. The van der Waals surface area contributed by atoms with Crippen LogP contribution in [0.2, 0.25) is 0 Å². The van der Waals surface area contributed by atoms with Gasteiger partial charge in [-0.25, -0.2) is 0 Å². The lowest BCUT2D eigenvalue weighted by molar-refractivity contribution is -0.140. The number of phenols is 1. The monoisotopic (exact) mass is 488 g/mol. The van der Waals surface area contributed by atoms with Gasteiger partial charge in [-0.05, 0) is 74.4 Å². The Kier molecular flexibility index (Phi) is 7.24. The molecule has 1 aliphatic heterocycles. The highest BCUT2D eigenvalue weighted by molar-refractivity contribution is 6.46. The molecule has 1 amide bonds. The van der Waals surface area contributed by atoms with Crippen LogP contribution in [0.25, 0.3) is 5.76 Å². The van der Waals surface area contributed by atoms with E-state index in [9.17, 15) is 19.8 Å². The summed E-state index contributed by atoms with van der Waals surface area (Å²) in [6.45, 7) is 6.02. The van der Waals surface area contributed by atoms with Gasteiger partial charge in [-0.15, -0.1) is 0 Å². The molecule has 0 bridgehead atoms. The first kappa shape index (κ1) is 24.8. The van der Waals surface area contributed by atoms with Gasteiger partial charge in [-0.2, -0.15) is 0 Å². The van der Waals surface area contributed by atoms with Crippen LogP contribution in [0.5, 0.6) is 17.2 Å². The maximum Gasteiger partial charge on any atom is 0.295 e. The molecule has 0 aliphatic carbocycles. The summed E-state index contributed by atoms with van der Waals surface area (Å²) in [5.74, 6) is -1.06. The van der Waals surface area contributed by atoms with Crippen molar-refractivity contribution in [2.24, 2.45) is 0 Å². The lowest BCUT2D eigenvalue weighted by Gasteiger charge is -2.26. The van der Waals surface area contributed by atoms with Gasteiger partial charge < -0.3 is 24.6 Å². The van der Waals surface area contributed by atoms with Crippen LogP contribution < -0.4 is 9.47 Å². The van der Waals surface area contributed by atoms with E-state index in [1.54, 1.807) is 67.8 Å². The van der Waals surface area contributed by atoms with Crippen molar-refractivity contribution in [2.45, 2.75) is 39.5 Å². The number of carbonyl (C=O) groups is 2. The van der Waals surface area contributed by atoms with Crippen molar-refractivity contribution >= 4 is 17.4 Å². The Balaban J connectivity index is 1.83. The highest BCUT2D eigenvalue weighted by atomic mass is 16.5. The topological polar surface area (TPSA) is 109 Å². The summed E-state index contributed by atoms with van der Waals surface area (Å²) < 4.78 is 11.2. The number of aromatic nitrogens is 1. The second-order valence-electron chi connectivity index (χ2n) is 8.64. The van der Waals surface area contributed by atoms with Crippen molar-refractivity contribution in [1.82, 2.24) is 9.88 Å². The Morgan fingerprint density at radius 3 is 2.50 bits per heavy atom. The number of carbonyl (C=O) groups excluding carboxylic acids is 2. The molecule has 0 unspecified atom stereocenters. The van der Waals surface area contributed by atoms with E-state index < -0.39 is 17.7 Å². The standard InChI is InChI=1S/C28H28N2O6/c1-4-35-23-14-20(9-12-22(23)31)25-24(26(32)19-7-10-21(11-8-19)36-17(2)3)27(33)28(34)30(25)16-18-6-5-13-29-15-18/h5-15,17,25,31-32H,4,16H2,1-3H3/t25-/m1/s1. The van der Waals surface area contributed by atoms with Crippen molar-refractivity contribution in [3.05, 3.63) is 89.3 Å². The van der Waals surface area contributed by atoms with Gasteiger partial charge in [0.25, 0.3) is 11.7 Å². The molecule has 1 atom stereocenters. The molecule has 36 heavy (non-hydrogen) atoms. The highest BCUT2D eigenvalue weighted by Crippen LogP contribution is 2.42. The predicted octanol–water partition coefficient (Wildman–Crippen LogP) is 4.60. The molecule has 8 nitrogen and oxygen atoms in total. The van der Waals surface area contributed by atoms with E-state index in [1.807, 2.05) is 13.8 Å². The van der Waals surface area contributed by atoms with E-state index in [0.29, 0.717) is 23.5 Å². The zero-order chi connectivity index (χ0) is 25.8. The lowest BCUT2D eigenvalue weighted by Crippen LogP contribution is -2.29. The Morgan fingerprint density at radius 1 is 1.11 bits per heavy atom. The summed E-state index contributed by atoms with van der Waals surface area (Å²) in [5, 5.41) is 21.5. The molecule has 3 aromatic rings. The van der Waals surface area contributed by atoms with Gasteiger partial charge in [-0.1, -0.05) is 12.1 Å². The summed E-state index contributed by atoms with van der Waals surface area (Å²) in [5.41, 5.74) is 1.57. The number of aromatic hydroxyl groups is 1.